The van der Waals surface area contributed by atoms with E-state index in [9.17, 15) is 9.59 Å². The molecule has 2 amide bonds. The smallest absolute Gasteiger partial charge is 0.236 e. The highest BCUT2D eigenvalue weighted by molar-refractivity contribution is 5.80. The molecule has 3 N–H and O–H groups in total. The van der Waals surface area contributed by atoms with E-state index in [0.29, 0.717) is 6.54 Å². The molecular formula is C10H19N3O2. The number of hydrogen-bond acceptors (Lipinski definition) is 3. The second-order valence-electron chi connectivity index (χ2n) is 3.94. The summed E-state index contributed by atoms with van der Waals surface area (Å²) < 4.78 is 0. The first-order chi connectivity index (χ1) is 7.15. The van der Waals surface area contributed by atoms with Gasteiger partial charge in [0.2, 0.25) is 11.8 Å². The molecular weight excluding hydrogens is 194 g/mol. The molecule has 0 aromatic carbocycles. The zero-order valence-corrected chi connectivity index (χ0v) is 9.16. The summed E-state index contributed by atoms with van der Waals surface area (Å²) in [7, 11) is 1.74. The van der Waals surface area contributed by atoms with Crippen molar-refractivity contribution in [1.29, 1.82) is 0 Å². The molecule has 1 aliphatic rings. The predicted molar refractivity (Wildman–Crippen MR) is 57.1 cm³/mol. The highest BCUT2D eigenvalue weighted by Gasteiger charge is 2.27. The number of carbonyl (C=O) groups excluding carboxylic acids is 2. The van der Waals surface area contributed by atoms with Gasteiger partial charge in [0.1, 0.15) is 0 Å². The highest BCUT2D eigenvalue weighted by Crippen LogP contribution is 2.19. The first kappa shape index (κ1) is 12.0. The summed E-state index contributed by atoms with van der Waals surface area (Å²) in [6, 6.07) is 0.0112. The van der Waals surface area contributed by atoms with Crippen molar-refractivity contribution in [1.82, 2.24) is 10.2 Å². The van der Waals surface area contributed by atoms with E-state index in [2.05, 4.69) is 5.32 Å². The van der Waals surface area contributed by atoms with Crippen molar-refractivity contribution < 1.29 is 9.59 Å². The van der Waals surface area contributed by atoms with E-state index in [1.165, 1.54) is 0 Å². The lowest BCUT2D eigenvalue weighted by molar-refractivity contribution is -0.134. The maximum absolute atomic E-state index is 11.7. The van der Waals surface area contributed by atoms with E-state index >= 15 is 0 Å². The van der Waals surface area contributed by atoms with E-state index < -0.39 is 0 Å². The quantitative estimate of drug-likeness (QED) is 0.658. The maximum Gasteiger partial charge on any atom is 0.236 e. The number of carbonyl (C=O) groups is 2. The number of piperidine rings is 1. The Balaban J connectivity index is 2.56. The Morgan fingerprint density at radius 3 is 2.80 bits per heavy atom. The van der Waals surface area contributed by atoms with Crippen molar-refractivity contribution in [2.24, 2.45) is 5.73 Å². The lowest BCUT2D eigenvalue weighted by Gasteiger charge is -2.35. The molecule has 1 rings (SSSR count). The summed E-state index contributed by atoms with van der Waals surface area (Å²) in [5.41, 5.74) is 5.17. The molecule has 1 unspecified atom stereocenters. The van der Waals surface area contributed by atoms with Gasteiger partial charge in [-0.15, -0.1) is 0 Å². The van der Waals surface area contributed by atoms with Crippen LogP contribution in [-0.4, -0.2) is 42.9 Å². The third-order valence-corrected chi connectivity index (χ3v) is 2.71. The second-order valence-corrected chi connectivity index (χ2v) is 3.94. The summed E-state index contributed by atoms with van der Waals surface area (Å²) in [5, 5.41) is 2.83. The number of hydrogen-bond donors (Lipinski definition) is 2. The lowest BCUT2D eigenvalue weighted by atomic mass is 9.99. The van der Waals surface area contributed by atoms with Gasteiger partial charge >= 0.3 is 0 Å². The molecule has 1 heterocycles. The Morgan fingerprint density at radius 2 is 2.20 bits per heavy atom. The fourth-order valence-electron chi connectivity index (χ4n) is 2.03. The number of likely N-dealkylation sites (N-methyl/N-ethyl adjacent to an activating group) is 1. The van der Waals surface area contributed by atoms with Crippen molar-refractivity contribution >= 4 is 11.8 Å². The molecule has 1 aliphatic heterocycles. The number of rotatable bonds is 4. The average Bonchev–Trinajstić information content (AvgIpc) is 2.18. The standard InChI is InChI=1S/C10H19N3O2/c1-12-7-10(15)13-5-3-2-4-8(13)6-9(11)14/h8,12H,2-7H2,1H3,(H2,11,14). The van der Waals surface area contributed by atoms with Crippen LogP contribution in [0.4, 0.5) is 0 Å². The van der Waals surface area contributed by atoms with Crippen LogP contribution in [0.5, 0.6) is 0 Å². The Morgan fingerprint density at radius 1 is 1.47 bits per heavy atom. The minimum absolute atomic E-state index is 0.0112. The molecule has 5 heteroatoms. The summed E-state index contributed by atoms with van der Waals surface area (Å²) in [6.45, 7) is 1.08. The molecule has 0 aliphatic carbocycles. The molecule has 15 heavy (non-hydrogen) atoms. The number of nitrogens with two attached hydrogens (primary N) is 1. The topological polar surface area (TPSA) is 75.4 Å². The van der Waals surface area contributed by atoms with Crippen molar-refractivity contribution in [3.63, 3.8) is 0 Å². The van der Waals surface area contributed by atoms with Gasteiger partial charge in [-0.2, -0.15) is 0 Å². The van der Waals surface area contributed by atoms with Gasteiger partial charge < -0.3 is 16.0 Å². The number of primary amides is 1. The van der Waals surface area contributed by atoms with Crippen LogP contribution in [0.25, 0.3) is 0 Å². The molecule has 0 aromatic rings. The largest absolute Gasteiger partial charge is 0.370 e. The molecule has 0 bridgehead atoms. The van der Waals surface area contributed by atoms with Crippen LogP contribution in [0.15, 0.2) is 0 Å². The maximum atomic E-state index is 11.7. The van der Waals surface area contributed by atoms with Gasteiger partial charge in [-0.05, 0) is 26.3 Å². The highest BCUT2D eigenvalue weighted by atomic mass is 16.2. The number of likely N-dealkylation sites (tertiary alicyclic amines) is 1. The van der Waals surface area contributed by atoms with Crippen molar-refractivity contribution in [3.05, 3.63) is 0 Å². The fourth-order valence-corrected chi connectivity index (χ4v) is 2.03. The molecule has 86 valence electrons. The van der Waals surface area contributed by atoms with Gasteiger partial charge in [-0.3, -0.25) is 9.59 Å². The van der Waals surface area contributed by atoms with Crippen LogP contribution in [0.3, 0.4) is 0 Å². The Labute approximate surface area is 90.0 Å². The van der Waals surface area contributed by atoms with Gasteiger partial charge in [0.15, 0.2) is 0 Å². The Hall–Kier alpha value is -1.10. The first-order valence-electron chi connectivity index (χ1n) is 5.37. The van der Waals surface area contributed by atoms with Crippen molar-refractivity contribution in [2.45, 2.75) is 31.7 Å². The summed E-state index contributed by atoms with van der Waals surface area (Å²) >= 11 is 0. The van der Waals surface area contributed by atoms with Gasteiger partial charge in [-0.1, -0.05) is 0 Å². The van der Waals surface area contributed by atoms with Crippen molar-refractivity contribution in [3.8, 4) is 0 Å². The van der Waals surface area contributed by atoms with E-state index in [-0.39, 0.29) is 24.3 Å². The van der Waals surface area contributed by atoms with E-state index in [0.717, 1.165) is 25.8 Å². The zero-order valence-electron chi connectivity index (χ0n) is 9.16. The molecule has 1 fully saturated rings. The van der Waals surface area contributed by atoms with Gasteiger partial charge in [0.05, 0.1) is 6.54 Å². The van der Waals surface area contributed by atoms with Crippen LogP contribution in [0.1, 0.15) is 25.7 Å². The third kappa shape index (κ3) is 3.51. The normalized spacial score (nSPS) is 21.4. The molecule has 0 saturated carbocycles. The molecule has 0 spiro atoms. The third-order valence-electron chi connectivity index (χ3n) is 2.71. The average molecular weight is 213 g/mol. The van der Waals surface area contributed by atoms with E-state index in [1.807, 2.05) is 0 Å². The van der Waals surface area contributed by atoms with Crippen LogP contribution in [0.2, 0.25) is 0 Å². The van der Waals surface area contributed by atoms with E-state index in [1.54, 1.807) is 11.9 Å². The SMILES string of the molecule is CNCC(=O)N1CCCCC1CC(N)=O. The number of nitrogens with zero attached hydrogens (tertiary/aromatic N) is 1. The molecule has 0 radical (unpaired) electrons. The summed E-state index contributed by atoms with van der Waals surface area (Å²) in [5.74, 6) is -0.271. The Kier molecular flexibility index (Phi) is 4.55. The van der Waals surface area contributed by atoms with Crippen molar-refractivity contribution in [2.75, 3.05) is 20.1 Å². The van der Waals surface area contributed by atoms with Gasteiger partial charge in [0, 0.05) is 19.0 Å². The lowest BCUT2D eigenvalue weighted by Crippen LogP contribution is -2.48. The zero-order chi connectivity index (χ0) is 11.3. The predicted octanol–water partition coefficient (Wildman–Crippen LogP) is -0.538. The first-order valence-corrected chi connectivity index (χ1v) is 5.37. The Bertz CT molecular complexity index is 243. The fraction of sp³-hybridized carbons (Fsp3) is 0.800. The molecule has 1 saturated heterocycles. The monoisotopic (exact) mass is 213 g/mol. The van der Waals surface area contributed by atoms with Crippen LogP contribution in [0, 0.1) is 0 Å². The van der Waals surface area contributed by atoms with Crippen LogP contribution in [-0.2, 0) is 9.59 Å². The van der Waals surface area contributed by atoms with Gasteiger partial charge in [-0.25, -0.2) is 0 Å². The van der Waals surface area contributed by atoms with Crippen LogP contribution < -0.4 is 11.1 Å². The summed E-state index contributed by atoms with van der Waals surface area (Å²) in [4.78, 5) is 24.3. The van der Waals surface area contributed by atoms with E-state index in [4.69, 9.17) is 5.73 Å². The minimum atomic E-state index is -0.329. The van der Waals surface area contributed by atoms with Gasteiger partial charge in [0.25, 0.3) is 0 Å². The molecule has 1 atom stereocenters. The molecule has 0 aromatic heterocycles. The summed E-state index contributed by atoms with van der Waals surface area (Å²) in [6.07, 6.45) is 3.26. The second kappa shape index (κ2) is 5.70. The molecule has 5 nitrogen and oxygen atoms in total. The van der Waals surface area contributed by atoms with Crippen LogP contribution >= 0.6 is 0 Å². The number of nitrogens with one attached hydrogen (secondary N) is 1. The number of amides is 2. The minimum Gasteiger partial charge on any atom is -0.370 e.